The molecule has 0 saturated heterocycles. The first-order valence-electron chi connectivity index (χ1n) is 5.73. The molecule has 1 rings (SSSR count). The lowest BCUT2D eigenvalue weighted by atomic mass is 10.2. The Morgan fingerprint density at radius 1 is 1.33 bits per heavy atom. The minimum absolute atomic E-state index is 0.109. The summed E-state index contributed by atoms with van der Waals surface area (Å²) in [4.78, 5) is 22.0. The first-order chi connectivity index (χ1) is 8.38. The minimum atomic E-state index is -0.947. The third-order valence-corrected chi connectivity index (χ3v) is 2.39. The molecule has 2 atom stereocenters. The van der Waals surface area contributed by atoms with E-state index in [0.29, 0.717) is 5.76 Å². The molecule has 100 valence electrons. The van der Waals surface area contributed by atoms with Crippen molar-refractivity contribution in [2.24, 2.45) is 0 Å². The largest absolute Gasteiger partial charge is 0.481 e. The third kappa shape index (κ3) is 4.48. The zero-order valence-electron chi connectivity index (χ0n) is 10.7. The summed E-state index contributed by atoms with van der Waals surface area (Å²) in [6, 6.07) is 2.51. The van der Waals surface area contributed by atoms with Crippen LogP contribution in [0.2, 0.25) is 0 Å². The number of aryl methyl sites for hydroxylation is 1. The number of amides is 2. The number of hydrogen-bond donors (Lipinski definition) is 3. The van der Waals surface area contributed by atoms with Crippen molar-refractivity contribution in [3.63, 3.8) is 0 Å². The van der Waals surface area contributed by atoms with Gasteiger partial charge in [0.2, 0.25) is 0 Å². The van der Waals surface area contributed by atoms with E-state index in [4.69, 9.17) is 9.52 Å². The van der Waals surface area contributed by atoms with Crippen LogP contribution >= 0.6 is 0 Å². The lowest BCUT2D eigenvalue weighted by Gasteiger charge is -2.15. The Morgan fingerprint density at radius 2 is 2.00 bits per heavy atom. The van der Waals surface area contributed by atoms with Crippen LogP contribution in [0.25, 0.3) is 0 Å². The molecule has 0 fully saturated rings. The van der Waals surface area contributed by atoms with E-state index < -0.39 is 18.0 Å². The van der Waals surface area contributed by atoms with Crippen LogP contribution < -0.4 is 10.6 Å². The summed E-state index contributed by atoms with van der Waals surface area (Å²) in [5, 5.41) is 13.8. The zero-order valence-corrected chi connectivity index (χ0v) is 10.7. The average molecular weight is 254 g/mol. The number of carboxylic acid groups (broad SMARTS) is 1. The molecule has 1 heterocycles. The molecule has 0 aromatic carbocycles. The Morgan fingerprint density at radius 3 is 2.50 bits per heavy atom. The third-order valence-electron chi connectivity index (χ3n) is 2.39. The smallest absolute Gasteiger partial charge is 0.315 e. The summed E-state index contributed by atoms with van der Waals surface area (Å²) >= 11 is 0. The van der Waals surface area contributed by atoms with Crippen molar-refractivity contribution < 1.29 is 19.1 Å². The van der Waals surface area contributed by atoms with Gasteiger partial charge in [-0.15, -0.1) is 0 Å². The predicted octanol–water partition coefficient (Wildman–Crippen LogP) is 1.81. The summed E-state index contributed by atoms with van der Waals surface area (Å²) in [5.41, 5.74) is 0. The molecule has 0 aliphatic carbocycles. The van der Waals surface area contributed by atoms with Crippen molar-refractivity contribution >= 4 is 12.0 Å². The van der Waals surface area contributed by atoms with Gasteiger partial charge in [-0.1, -0.05) is 0 Å². The van der Waals surface area contributed by atoms with E-state index in [-0.39, 0.29) is 12.5 Å². The van der Waals surface area contributed by atoms with Crippen LogP contribution in [0.3, 0.4) is 0 Å². The van der Waals surface area contributed by atoms with Crippen molar-refractivity contribution in [2.45, 2.75) is 39.3 Å². The quantitative estimate of drug-likeness (QED) is 0.747. The number of carbonyl (C=O) groups excluding carboxylic acids is 1. The molecule has 0 spiro atoms. The van der Waals surface area contributed by atoms with Crippen LogP contribution in [0.1, 0.15) is 37.8 Å². The first kappa shape index (κ1) is 14.1. The summed E-state index contributed by atoms with van der Waals surface area (Å²) in [7, 11) is 0. The zero-order chi connectivity index (χ0) is 13.7. The highest BCUT2D eigenvalue weighted by Crippen LogP contribution is 2.15. The van der Waals surface area contributed by atoms with Gasteiger partial charge in [0.1, 0.15) is 11.5 Å². The van der Waals surface area contributed by atoms with E-state index >= 15 is 0 Å². The maximum atomic E-state index is 11.6. The van der Waals surface area contributed by atoms with Gasteiger partial charge >= 0.3 is 12.0 Å². The number of hydrogen-bond acceptors (Lipinski definition) is 3. The van der Waals surface area contributed by atoms with Gasteiger partial charge in [0.05, 0.1) is 12.5 Å². The first-order valence-corrected chi connectivity index (χ1v) is 5.73. The van der Waals surface area contributed by atoms with Crippen molar-refractivity contribution in [3.8, 4) is 0 Å². The Kier molecular flexibility index (Phi) is 4.76. The molecule has 0 aliphatic heterocycles. The number of rotatable bonds is 5. The highest BCUT2D eigenvalue weighted by molar-refractivity contribution is 5.76. The molecule has 18 heavy (non-hydrogen) atoms. The summed E-state index contributed by atoms with van der Waals surface area (Å²) in [6.45, 7) is 5.25. The molecule has 0 radical (unpaired) electrons. The minimum Gasteiger partial charge on any atom is -0.481 e. The SMILES string of the molecule is Cc1ccc(C(C)NC(=O)NC(C)CC(=O)O)o1. The van der Waals surface area contributed by atoms with Gasteiger partial charge in [-0.05, 0) is 32.9 Å². The van der Waals surface area contributed by atoms with E-state index in [1.807, 2.05) is 13.0 Å². The maximum absolute atomic E-state index is 11.6. The predicted molar refractivity (Wildman–Crippen MR) is 65.2 cm³/mol. The second-order valence-electron chi connectivity index (χ2n) is 4.29. The number of urea groups is 1. The van der Waals surface area contributed by atoms with Crippen LogP contribution in [0.15, 0.2) is 16.5 Å². The van der Waals surface area contributed by atoms with E-state index in [2.05, 4.69) is 10.6 Å². The molecular weight excluding hydrogens is 236 g/mol. The standard InChI is InChI=1S/C12H18N2O4/c1-7(6-11(15)16)13-12(17)14-9(3)10-5-4-8(2)18-10/h4-5,7,9H,6H2,1-3H3,(H,15,16)(H2,13,14,17). The van der Waals surface area contributed by atoms with Gasteiger partial charge < -0.3 is 20.2 Å². The van der Waals surface area contributed by atoms with E-state index in [1.54, 1.807) is 19.9 Å². The van der Waals surface area contributed by atoms with E-state index in [1.165, 1.54) is 0 Å². The van der Waals surface area contributed by atoms with Crippen LogP contribution in [0.5, 0.6) is 0 Å². The summed E-state index contributed by atoms with van der Waals surface area (Å²) in [5.74, 6) is 0.490. The Hall–Kier alpha value is -1.98. The maximum Gasteiger partial charge on any atom is 0.315 e. The second-order valence-corrected chi connectivity index (χ2v) is 4.29. The van der Waals surface area contributed by atoms with E-state index in [9.17, 15) is 9.59 Å². The fraction of sp³-hybridized carbons (Fsp3) is 0.500. The molecule has 2 amide bonds. The normalized spacial score (nSPS) is 13.7. The molecule has 2 unspecified atom stereocenters. The van der Waals surface area contributed by atoms with Crippen molar-refractivity contribution in [1.29, 1.82) is 0 Å². The fourth-order valence-electron chi connectivity index (χ4n) is 1.53. The lowest BCUT2D eigenvalue weighted by Crippen LogP contribution is -2.42. The molecule has 6 heteroatoms. The molecule has 0 aliphatic rings. The molecule has 0 bridgehead atoms. The molecule has 3 N–H and O–H groups in total. The van der Waals surface area contributed by atoms with Crippen LogP contribution in [-0.2, 0) is 4.79 Å². The highest BCUT2D eigenvalue weighted by Gasteiger charge is 2.15. The fourth-order valence-corrected chi connectivity index (χ4v) is 1.53. The number of carbonyl (C=O) groups is 2. The Labute approximate surface area is 105 Å². The van der Waals surface area contributed by atoms with Crippen LogP contribution in [0, 0.1) is 6.92 Å². The van der Waals surface area contributed by atoms with E-state index in [0.717, 1.165) is 5.76 Å². The molecule has 1 aromatic heterocycles. The van der Waals surface area contributed by atoms with Crippen molar-refractivity contribution in [3.05, 3.63) is 23.7 Å². The second kappa shape index (κ2) is 6.09. The Balaban J connectivity index is 2.42. The Bertz CT molecular complexity index is 427. The topological polar surface area (TPSA) is 91.6 Å². The van der Waals surface area contributed by atoms with Gasteiger partial charge in [0.25, 0.3) is 0 Å². The molecule has 1 aromatic rings. The highest BCUT2D eigenvalue weighted by atomic mass is 16.4. The van der Waals surface area contributed by atoms with Crippen molar-refractivity contribution in [1.82, 2.24) is 10.6 Å². The van der Waals surface area contributed by atoms with Crippen LogP contribution in [0.4, 0.5) is 4.79 Å². The van der Waals surface area contributed by atoms with Crippen LogP contribution in [-0.4, -0.2) is 23.1 Å². The van der Waals surface area contributed by atoms with Gasteiger partial charge in [0.15, 0.2) is 0 Å². The monoisotopic (exact) mass is 254 g/mol. The number of carboxylic acids is 1. The number of furan rings is 1. The van der Waals surface area contributed by atoms with Gasteiger partial charge in [-0.25, -0.2) is 4.79 Å². The van der Waals surface area contributed by atoms with Gasteiger partial charge in [-0.2, -0.15) is 0 Å². The lowest BCUT2D eigenvalue weighted by molar-refractivity contribution is -0.137. The number of nitrogens with one attached hydrogen (secondary N) is 2. The summed E-state index contributed by atoms with van der Waals surface area (Å²) in [6.07, 6.45) is -0.109. The summed E-state index contributed by atoms with van der Waals surface area (Å²) < 4.78 is 5.38. The molecule has 6 nitrogen and oxygen atoms in total. The van der Waals surface area contributed by atoms with Gasteiger partial charge in [0, 0.05) is 6.04 Å². The molecule has 0 saturated carbocycles. The van der Waals surface area contributed by atoms with Gasteiger partial charge in [-0.3, -0.25) is 4.79 Å². The number of aliphatic carboxylic acids is 1. The van der Waals surface area contributed by atoms with Crippen molar-refractivity contribution in [2.75, 3.05) is 0 Å². The molecular formula is C12H18N2O4. The average Bonchev–Trinajstić information content (AvgIpc) is 2.62.